The number of aryl methyl sites for hydroxylation is 1. The lowest BCUT2D eigenvalue weighted by Gasteiger charge is -2.46. The maximum Gasteiger partial charge on any atom is 0.327 e. The van der Waals surface area contributed by atoms with Crippen LogP contribution in [0.1, 0.15) is 76.3 Å². The van der Waals surface area contributed by atoms with E-state index >= 15 is 4.21 Å². The first kappa shape index (κ1) is 38.1. The smallest absolute Gasteiger partial charge is 0.327 e. The van der Waals surface area contributed by atoms with E-state index in [1.54, 1.807) is 46.3 Å². The van der Waals surface area contributed by atoms with Crippen LogP contribution in [0.25, 0.3) is 0 Å². The number of hydrogen-bond donors (Lipinski definition) is 2. The molecule has 13 heteroatoms. The zero-order valence-corrected chi connectivity index (χ0v) is 32.8. The zero-order valence-electron chi connectivity index (χ0n) is 31.2. The molecule has 5 atom stereocenters. The first-order chi connectivity index (χ1) is 25.4. The van der Waals surface area contributed by atoms with Crippen molar-refractivity contribution in [1.29, 1.82) is 0 Å². The number of hydrogen-bond acceptors (Lipinski definition) is 8. The third-order valence-electron chi connectivity index (χ3n) is 12.1. The molecule has 1 spiro atoms. The Balaban J connectivity index is 1.30. The molecule has 5 aliphatic rings. The minimum atomic E-state index is -3.85. The molecule has 53 heavy (non-hydrogen) atoms. The van der Waals surface area contributed by atoms with Gasteiger partial charge in [-0.2, -0.15) is 0 Å². The average molecular weight is 769 g/mol. The van der Waals surface area contributed by atoms with Gasteiger partial charge in [0.15, 0.2) is 9.92 Å². The van der Waals surface area contributed by atoms with Crippen LogP contribution in [0, 0.1) is 11.8 Å². The fourth-order valence-electron chi connectivity index (χ4n) is 8.85. The van der Waals surface area contributed by atoms with E-state index < -0.39 is 27.5 Å². The molecule has 2 heterocycles. The maximum absolute atomic E-state index is 15.1. The molecule has 0 aromatic heterocycles. The Morgan fingerprint density at radius 2 is 1.87 bits per heavy atom. The Hall–Kier alpha value is -3.16. The van der Waals surface area contributed by atoms with Crippen LogP contribution in [0.4, 0.5) is 10.5 Å². The Labute approximate surface area is 318 Å². The lowest BCUT2D eigenvalue weighted by molar-refractivity contribution is -0.137. The van der Waals surface area contributed by atoms with Crippen molar-refractivity contribution in [3.63, 3.8) is 0 Å². The van der Waals surface area contributed by atoms with E-state index in [0.717, 1.165) is 75.0 Å². The second kappa shape index (κ2) is 15.5. The summed E-state index contributed by atoms with van der Waals surface area (Å²) in [6.07, 6.45) is 12.0. The molecule has 2 fully saturated rings. The molecular weight excluding hydrogens is 716 g/mol. The monoisotopic (exact) mass is 768 g/mol. The molecule has 0 saturated heterocycles. The molecule has 1 unspecified atom stereocenters. The molecule has 288 valence electrons. The van der Waals surface area contributed by atoms with E-state index in [0.29, 0.717) is 24.8 Å². The summed E-state index contributed by atoms with van der Waals surface area (Å²) in [5, 5.41) is 3.71. The number of ether oxygens (including phenoxy) is 4. The van der Waals surface area contributed by atoms with Crippen LogP contribution in [0.3, 0.4) is 0 Å². The van der Waals surface area contributed by atoms with Gasteiger partial charge in [-0.3, -0.25) is 4.79 Å². The van der Waals surface area contributed by atoms with Crippen LogP contribution in [0.2, 0.25) is 5.02 Å². The summed E-state index contributed by atoms with van der Waals surface area (Å²) >= 11 is 6.48. The van der Waals surface area contributed by atoms with E-state index in [1.807, 2.05) is 18.2 Å². The summed E-state index contributed by atoms with van der Waals surface area (Å²) in [7, 11) is -0.417. The number of anilines is 1. The Morgan fingerprint density at radius 3 is 2.60 bits per heavy atom. The van der Waals surface area contributed by atoms with E-state index in [4.69, 9.17) is 30.5 Å². The Bertz CT molecular complexity index is 1850. The fraction of sp³-hybridized carbons (Fsp3) is 0.600. The van der Waals surface area contributed by atoms with Crippen LogP contribution in [-0.2, 0) is 40.8 Å². The molecule has 2 aromatic carbocycles. The number of nitrogens with zero attached hydrogens (tertiary/aromatic N) is 2. The van der Waals surface area contributed by atoms with E-state index in [2.05, 4.69) is 31.4 Å². The normalized spacial score (nSPS) is 33.2. The fourth-order valence-corrected chi connectivity index (χ4v) is 10.6. The van der Waals surface area contributed by atoms with Crippen molar-refractivity contribution in [3.8, 4) is 5.75 Å². The van der Waals surface area contributed by atoms with E-state index in [1.165, 1.54) is 11.1 Å². The number of carbonyl (C=O) groups excluding carboxylic acids is 2. The topological polar surface area (TPSA) is 128 Å². The van der Waals surface area contributed by atoms with Crippen LogP contribution < -0.4 is 19.7 Å². The van der Waals surface area contributed by atoms with Gasteiger partial charge < -0.3 is 29.2 Å². The van der Waals surface area contributed by atoms with Gasteiger partial charge in [-0.15, -0.1) is 4.36 Å². The summed E-state index contributed by atoms with van der Waals surface area (Å²) in [4.78, 5) is 30.0. The standard InChI is InChI=1S/C40H53ClN4O7S/c1-39(2)37(46)43-53(48,44-38(47)42-29-11-13-30(49-3)14-12-29)31-15-18-36-34(22-31)45(23-27-9-16-32(27)35(50-4)8-6-20-52-39)24-40(25-51-36)19-5-7-26-21-28(41)10-17-33(26)40/h6,8,10,15,17-18,21-22,27,29-30,32,35H,5,7,9,11-14,16,19-20,23-25H2,1-4H3,(H2,42,43,44,46,47,48)/b8-6+/t27-,29?,30?,32+,35-,40-,53?/m0/s1. The minimum absolute atomic E-state index is 0.111. The first-order valence-corrected chi connectivity index (χ1v) is 20.9. The third kappa shape index (κ3) is 7.99. The number of amides is 3. The predicted molar refractivity (Wildman–Crippen MR) is 205 cm³/mol. The molecule has 3 amide bonds. The van der Waals surface area contributed by atoms with Crippen LogP contribution in [-0.4, -0.2) is 80.5 Å². The SMILES string of the molecule is COC1CCC(NC(=O)NS2(=O)=NC(=O)C(C)(C)OC/C=C/[C@H](OC)[C@@H]3CC[C@H]3CN3C[C@@]4(CCCc5cc(Cl)ccc54)COc4ccc2cc43)CC1. The number of halogens is 1. The quantitative estimate of drug-likeness (QED) is 0.328. The molecule has 7 rings (SSSR count). The van der Waals surface area contributed by atoms with Crippen molar-refractivity contribution in [2.45, 2.75) is 106 Å². The van der Waals surface area contributed by atoms with Gasteiger partial charge >= 0.3 is 6.03 Å². The predicted octanol–water partition coefficient (Wildman–Crippen LogP) is 6.74. The Kier molecular flexibility index (Phi) is 11.2. The molecule has 3 aliphatic carbocycles. The second-order valence-corrected chi connectivity index (χ2v) is 18.2. The maximum atomic E-state index is 15.1. The van der Waals surface area contributed by atoms with Crippen molar-refractivity contribution < 1.29 is 32.7 Å². The average Bonchev–Trinajstić information content (AvgIpc) is 3.27. The molecule has 2 saturated carbocycles. The third-order valence-corrected chi connectivity index (χ3v) is 14.1. The van der Waals surface area contributed by atoms with Crippen molar-refractivity contribution >= 4 is 39.1 Å². The highest BCUT2D eigenvalue weighted by atomic mass is 35.5. The van der Waals surface area contributed by atoms with E-state index in [9.17, 15) is 9.59 Å². The highest BCUT2D eigenvalue weighted by Crippen LogP contribution is 2.47. The van der Waals surface area contributed by atoms with Gasteiger partial charge in [0.05, 0.1) is 36.0 Å². The second-order valence-electron chi connectivity index (χ2n) is 15.9. The lowest BCUT2D eigenvalue weighted by atomic mass is 9.68. The number of carbonyl (C=O) groups is 2. The number of rotatable bonds is 4. The molecule has 2 aliphatic heterocycles. The molecule has 2 bridgehead atoms. The van der Waals surface area contributed by atoms with Crippen LogP contribution >= 0.6 is 11.6 Å². The highest BCUT2D eigenvalue weighted by Gasteiger charge is 2.45. The summed E-state index contributed by atoms with van der Waals surface area (Å²) in [5.74, 6) is 0.516. The van der Waals surface area contributed by atoms with Gasteiger partial charge in [-0.1, -0.05) is 29.8 Å². The molecular formula is C40H53ClN4O7S. The van der Waals surface area contributed by atoms with Crippen molar-refractivity contribution in [1.82, 2.24) is 10.0 Å². The van der Waals surface area contributed by atoms with Gasteiger partial charge in [0.2, 0.25) is 0 Å². The van der Waals surface area contributed by atoms with Gasteiger partial charge in [0.25, 0.3) is 5.91 Å². The molecule has 2 aromatic rings. The Morgan fingerprint density at radius 1 is 1.06 bits per heavy atom. The van der Waals surface area contributed by atoms with Gasteiger partial charge in [-0.25, -0.2) is 13.7 Å². The lowest BCUT2D eigenvalue weighted by Crippen LogP contribution is -2.49. The molecule has 11 nitrogen and oxygen atoms in total. The number of benzene rings is 2. The van der Waals surface area contributed by atoms with Gasteiger partial charge in [0, 0.05) is 43.8 Å². The molecule has 2 N–H and O–H groups in total. The summed E-state index contributed by atoms with van der Waals surface area (Å²) in [6, 6.07) is 10.7. The van der Waals surface area contributed by atoms with Gasteiger partial charge in [-0.05, 0) is 125 Å². The van der Waals surface area contributed by atoms with Crippen LogP contribution in [0.15, 0.2) is 57.8 Å². The summed E-state index contributed by atoms with van der Waals surface area (Å²) < 4.78 is 46.3. The summed E-state index contributed by atoms with van der Waals surface area (Å²) in [6.45, 7) is 5.20. The van der Waals surface area contributed by atoms with Crippen molar-refractivity contribution in [3.05, 3.63) is 64.7 Å². The van der Waals surface area contributed by atoms with Gasteiger partial charge in [0.1, 0.15) is 11.4 Å². The zero-order chi connectivity index (χ0) is 37.4. The largest absolute Gasteiger partial charge is 0.490 e. The van der Waals surface area contributed by atoms with E-state index in [-0.39, 0.29) is 41.1 Å². The summed E-state index contributed by atoms with van der Waals surface area (Å²) in [5.41, 5.74) is 1.53. The number of methoxy groups -OCH3 is 2. The van der Waals surface area contributed by atoms with Crippen molar-refractivity contribution in [2.75, 3.05) is 45.4 Å². The number of urea groups is 1. The first-order valence-electron chi connectivity index (χ1n) is 19.0. The minimum Gasteiger partial charge on any atom is -0.490 e. The highest BCUT2D eigenvalue weighted by molar-refractivity contribution is 7.92. The number of fused-ring (bicyclic) bond motifs is 4. The van der Waals surface area contributed by atoms with Crippen LogP contribution in [0.5, 0.6) is 5.75 Å². The number of nitrogens with one attached hydrogen (secondary N) is 2. The molecule has 0 radical (unpaired) electrons. The van der Waals surface area contributed by atoms with Crippen molar-refractivity contribution in [2.24, 2.45) is 16.2 Å².